The Labute approximate surface area is 320 Å². The molecule has 0 amide bonds. The first-order valence-corrected chi connectivity index (χ1v) is 19.1. The van der Waals surface area contributed by atoms with Gasteiger partial charge in [0.25, 0.3) is 0 Å². The Morgan fingerprint density at radius 3 is 1.62 bits per heavy atom. The van der Waals surface area contributed by atoms with Crippen molar-refractivity contribution in [2.24, 2.45) is 9.98 Å². The van der Waals surface area contributed by atoms with E-state index in [2.05, 4.69) is 154 Å². The molecule has 0 fully saturated rings. The normalized spacial score (nSPS) is 14.4. The number of amidine groups is 1. The summed E-state index contributed by atoms with van der Waals surface area (Å²) in [5.41, 5.74) is 9.47. The van der Waals surface area contributed by atoms with Crippen molar-refractivity contribution in [3.8, 4) is 26.8 Å². The van der Waals surface area contributed by atoms with E-state index < -0.39 is 0 Å². The third kappa shape index (κ3) is 5.10. The fourth-order valence-electron chi connectivity index (χ4n) is 7.96. The molecule has 1 N–H and O–H groups in total. The summed E-state index contributed by atoms with van der Waals surface area (Å²) in [6, 6.07) is 61.1. The fraction of sp³-hybridized carbons (Fsp3) is 0.0213. The molecule has 1 unspecified atom stereocenters. The first-order chi connectivity index (χ1) is 27.3. The molecule has 4 heterocycles. The average molecular weight is 726 g/mol. The van der Waals surface area contributed by atoms with Gasteiger partial charge < -0.3 is 9.88 Å². The van der Waals surface area contributed by atoms with Gasteiger partial charge in [-0.1, -0.05) is 151 Å². The lowest BCUT2D eigenvalue weighted by Gasteiger charge is -2.25. The topological polar surface area (TPSA) is 72.4 Å². The van der Waals surface area contributed by atoms with Gasteiger partial charge in [-0.3, -0.25) is 4.57 Å². The molecule has 0 bridgehead atoms. The van der Waals surface area contributed by atoms with Crippen LogP contribution in [0.15, 0.2) is 186 Å². The number of benzene rings is 7. The van der Waals surface area contributed by atoms with E-state index in [-0.39, 0.29) is 6.17 Å². The predicted molar refractivity (Wildman–Crippen MR) is 226 cm³/mol. The van der Waals surface area contributed by atoms with Gasteiger partial charge in [0.1, 0.15) is 16.2 Å². The van der Waals surface area contributed by atoms with E-state index in [0.717, 1.165) is 70.8 Å². The van der Waals surface area contributed by atoms with Crippen LogP contribution in [0, 0.1) is 0 Å². The monoisotopic (exact) mass is 725 g/mol. The van der Waals surface area contributed by atoms with E-state index >= 15 is 0 Å². The molecule has 1 aliphatic heterocycles. The lowest BCUT2D eigenvalue weighted by molar-refractivity contribution is 0.661. The second-order valence-electron chi connectivity index (χ2n) is 13.6. The molecule has 0 spiro atoms. The molecule has 1 atom stereocenters. The molecule has 7 aromatic carbocycles. The summed E-state index contributed by atoms with van der Waals surface area (Å²) < 4.78 is 4.59. The number of fused-ring (bicyclic) bond motifs is 6. The predicted octanol–water partition coefficient (Wildman–Crippen LogP) is 11.0. The molecule has 260 valence electrons. The van der Waals surface area contributed by atoms with Gasteiger partial charge in [0.15, 0.2) is 5.84 Å². The first kappa shape index (κ1) is 31.4. The number of para-hydroxylation sites is 5. The highest BCUT2D eigenvalue weighted by molar-refractivity contribution is 7.18. The van der Waals surface area contributed by atoms with E-state index in [1.54, 1.807) is 11.3 Å². The lowest BCUT2D eigenvalue weighted by Crippen LogP contribution is -2.37. The molecule has 8 heteroatoms. The van der Waals surface area contributed by atoms with E-state index in [9.17, 15) is 0 Å². The number of aliphatic imine (C=N–C) groups is 2. The van der Waals surface area contributed by atoms with Crippen LogP contribution in [-0.4, -0.2) is 31.1 Å². The minimum Gasteiger partial charge on any atom is -0.330 e. The van der Waals surface area contributed by atoms with Crippen molar-refractivity contribution in [1.82, 2.24) is 24.6 Å². The highest BCUT2D eigenvalue weighted by Crippen LogP contribution is 2.42. The highest BCUT2D eigenvalue weighted by atomic mass is 32.1. The molecule has 10 aromatic rings. The fourth-order valence-corrected chi connectivity index (χ4v) is 8.86. The third-order valence-electron chi connectivity index (χ3n) is 10.4. The van der Waals surface area contributed by atoms with Crippen LogP contribution in [0.25, 0.3) is 70.4 Å². The quantitative estimate of drug-likeness (QED) is 0.192. The molecule has 0 saturated heterocycles. The standard InChI is InChI=1S/C47H31N7S/c1-4-16-30(17-5-1)43-48-44(31-18-6-2-7-19-31)50-47(49-43)54-40-29-13-11-23-34(40)36-25-15-27-38(42(36)54)46-52-51-45(55-46)37-26-14-24-35-33-22-10-12-28-39(33)53(41(35)37)32-20-8-3-9-21-32/h1-29,43H,(H,48,49,50). The summed E-state index contributed by atoms with van der Waals surface area (Å²) in [6.45, 7) is 0. The smallest absolute Gasteiger partial charge is 0.211 e. The van der Waals surface area contributed by atoms with E-state index in [4.69, 9.17) is 20.2 Å². The van der Waals surface area contributed by atoms with Crippen LogP contribution in [-0.2, 0) is 0 Å². The number of aromatic nitrogens is 4. The Morgan fingerprint density at radius 2 is 0.982 bits per heavy atom. The second kappa shape index (κ2) is 12.8. The molecule has 0 saturated carbocycles. The Bertz CT molecular complexity index is 3120. The van der Waals surface area contributed by atoms with Crippen molar-refractivity contribution in [1.29, 1.82) is 0 Å². The van der Waals surface area contributed by atoms with Gasteiger partial charge in [-0.05, 0) is 42.0 Å². The zero-order valence-electron chi connectivity index (χ0n) is 29.4. The molecule has 7 nitrogen and oxygen atoms in total. The number of nitrogens with one attached hydrogen (secondary N) is 1. The first-order valence-electron chi connectivity index (χ1n) is 18.3. The summed E-state index contributed by atoms with van der Waals surface area (Å²) in [4.78, 5) is 10.3. The summed E-state index contributed by atoms with van der Waals surface area (Å²) in [5, 5.41) is 19.9. The average Bonchev–Trinajstić information content (AvgIpc) is 3.98. The second-order valence-corrected chi connectivity index (χ2v) is 14.5. The largest absolute Gasteiger partial charge is 0.330 e. The number of rotatable bonds is 5. The van der Waals surface area contributed by atoms with Gasteiger partial charge in [0, 0.05) is 43.9 Å². The van der Waals surface area contributed by atoms with E-state index in [1.165, 1.54) is 10.8 Å². The molecular formula is C47H31N7S. The Morgan fingerprint density at radius 1 is 0.473 bits per heavy atom. The highest BCUT2D eigenvalue weighted by Gasteiger charge is 2.26. The number of hydrogen-bond acceptors (Lipinski definition) is 6. The maximum Gasteiger partial charge on any atom is 0.211 e. The zero-order chi connectivity index (χ0) is 36.3. The third-order valence-corrected chi connectivity index (χ3v) is 11.4. The summed E-state index contributed by atoms with van der Waals surface area (Å²) in [5.74, 6) is 1.37. The minimum absolute atomic E-state index is 0.336. The van der Waals surface area contributed by atoms with Crippen LogP contribution >= 0.6 is 11.3 Å². The Kier molecular flexibility index (Phi) is 7.28. The molecule has 1 aliphatic rings. The van der Waals surface area contributed by atoms with Crippen molar-refractivity contribution in [3.63, 3.8) is 0 Å². The SMILES string of the molecule is c1ccc(C2=NC(c3ccccc3)NC(n3c4ccccc4c4cccc(-c5nnc(-c6cccc7c8ccccc8n(-c8ccccc8)c67)s5)c43)=N2)cc1. The molecule has 0 aliphatic carbocycles. The van der Waals surface area contributed by atoms with Crippen molar-refractivity contribution in [3.05, 3.63) is 187 Å². The van der Waals surface area contributed by atoms with Gasteiger partial charge in [0.05, 0.1) is 22.1 Å². The molecule has 0 radical (unpaired) electrons. The Hall–Kier alpha value is -7.16. The van der Waals surface area contributed by atoms with Crippen molar-refractivity contribution < 1.29 is 0 Å². The maximum atomic E-state index is 5.23. The summed E-state index contributed by atoms with van der Waals surface area (Å²) in [7, 11) is 0. The van der Waals surface area contributed by atoms with Crippen LogP contribution in [0.5, 0.6) is 0 Å². The number of hydrogen-bond donors (Lipinski definition) is 1. The van der Waals surface area contributed by atoms with Gasteiger partial charge >= 0.3 is 0 Å². The number of nitrogens with zero attached hydrogens (tertiary/aromatic N) is 6. The van der Waals surface area contributed by atoms with Gasteiger partial charge in [-0.15, -0.1) is 10.2 Å². The van der Waals surface area contributed by atoms with Gasteiger partial charge in [0.2, 0.25) is 5.96 Å². The zero-order valence-corrected chi connectivity index (χ0v) is 30.2. The van der Waals surface area contributed by atoms with E-state index in [0.29, 0.717) is 11.8 Å². The van der Waals surface area contributed by atoms with Crippen molar-refractivity contribution in [2.45, 2.75) is 6.17 Å². The molecular weight excluding hydrogens is 695 g/mol. The van der Waals surface area contributed by atoms with Crippen LogP contribution in [0.1, 0.15) is 17.3 Å². The van der Waals surface area contributed by atoms with Crippen LogP contribution in [0.3, 0.4) is 0 Å². The van der Waals surface area contributed by atoms with Crippen molar-refractivity contribution in [2.75, 3.05) is 0 Å². The molecule has 55 heavy (non-hydrogen) atoms. The van der Waals surface area contributed by atoms with Crippen LogP contribution in [0.4, 0.5) is 0 Å². The Balaban J connectivity index is 1.12. The lowest BCUT2D eigenvalue weighted by atomic mass is 10.1. The van der Waals surface area contributed by atoms with E-state index in [1.807, 2.05) is 36.4 Å². The van der Waals surface area contributed by atoms with Crippen LogP contribution in [0.2, 0.25) is 0 Å². The van der Waals surface area contributed by atoms with Crippen molar-refractivity contribution >= 4 is 66.7 Å². The van der Waals surface area contributed by atoms with Gasteiger partial charge in [-0.25, -0.2) is 4.99 Å². The summed E-state index contributed by atoms with van der Waals surface area (Å²) in [6.07, 6.45) is -0.336. The van der Waals surface area contributed by atoms with Gasteiger partial charge in [-0.2, -0.15) is 4.99 Å². The maximum absolute atomic E-state index is 5.23. The summed E-state index contributed by atoms with van der Waals surface area (Å²) >= 11 is 1.61. The van der Waals surface area contributed by atoms with Crippen LogP contribution < -0.4 is 5.32 Å². The molecule has 11 rings (SSSR count). The molecule has 3 aromatic heterocycles. The minimum atomic E-state index is -0.336.